The van der Waals surface area contributed by atoms with Crippen LogP contribution in [0.5, 0.6) is 0 Å². The third-order valence-electron chi connectivity index (χ3n) is 3.29. The summed E-state index contributed by atoms with van der Waals surface area (Å²) in [4.78, 5) is 22.4. The highest BCUT2D eigenvalue weighted by molar-refractivity contribution is 5.89. The van der Waals surface area contributed by atoms with Gasteiger partial charge in [-0.1, -0.05) is 12.1 Å². The molecule has 1 amide bonds. The number of carboxylic acid groups (broad SMARTS) is 1. The molecule has 0 radical (unpaired) electrons. The van der Waals surface area contributed by atoms with Crippen LogP contribution in [0.15, 0.2) is 24.3 Å². The Labute approximate surface area is 110 Å². The van der Waals surface area contributed by atoms with E-state index in [9.17, 15) is 14.0 Å². The minimum Gasteiger partial charge on any atom is -0.481 e. The molecule has 1 aliphatic rings. The molecule has 0 aliphatic heterocycles. The zero-order valence-corrected chi connectivity index (χ0v) is 10.6. The van der Waals surface area contributed by atoms with E-state index in [0.29, 0.717) is 12.8 Å². The van der Waals surface area contributed by atoms with Crippen molar-refractivity contribution in [2.24, 2.45) is 11.8 Å². The van der Waals surface area contributed by atoms with Crippen molar-refractivity contribution in [3.63, 3.8) is 0 Å². The Morgan fingerprint density at radius 3 is 2.53 bits per heavy atom. The molecule has 0 saturated heterocycles. The van der Waals surface area contributed by atoms with Gasteiger partial charge in [-0.15, -0.1) is 0 Å². The molecule has 3 atom stereocenters. The second kappa shape index (κ2) is 5.38. The molecule has 0 bridgehead atoms. The van der Waals surface area contributed by atoms with Crippen molar-refractivity contribution in [1.29, 1.82) is 0 Å². The quantitative estimate of drug-likeness (QED) is 0.849. The first-order chi connectivity index (χ1) is 8.97. The van der Waals surface area contributed by atoms with Crippen LogP contribution >= 0.6 is 0 Å². The van der Waals surface area contributed by atoms with E-state index in [1.165, 1.54) is 12.1 Å². The number of benzene rings is 1. The van der Waals surface area contributed by atoms with Crippen molar-refractivity contribution >= 4 is 11.9 Å². The van der Waals surface area contributed by atoms with Crippen molar-refractivity contribution in [2.45, 2.75) is 25.8 Å². The van der Waals surface area contributed by atoms with Gasteiger partial charge in [0.2, 0.25) is 5.91 Å². The van der Waals surface area contributed by atoms with Crippen molar-refractivity contribution < 1.29 is 19.1 Å². The highest BCUT2D eigenvalue weighted by atomic mass is 19.1. The summed E-state index contributed by atoms with van der Waals surface area (Å²) in [6.07, 6.45) is 1.01. The lowest BCUT2D eigenvalue weighted by molar-refractivity contribution is -0.140. The first kappa shape index (κ1) is 13.5. The number of rotatable bonds is 5. The van der Waals surface area contributed by atoms with Gasteiger partial charge in [-0.05, 0) is 37.5 Å². The molecule has 5 heteroatoms. The lowest BCUT2D eigenvalue weighted by Crippen LogP contribution is -2.35. The summed E-state index contributed by atoms with van der Waals surface area (Å²) < 4.78 is 12.7. The molecule has 19 heavy (non-hydrogen) atoms. The summed E-state index contributed by atoms with van der Waals surface area (Å²) in [5, 5.41) is 11.5. The maximum Gasteiger partial charge on any atom is 0.307 e. The average Bonchev–Trinajstić information content (AvgIpc) is 3.12. The number of carboxylic acids is 1. The molecular weight excluding hydrogens is 249 g/mol. The van der Waals surface area contributed by atoms with Gasteiger partial charge in [0.1, 0.15) is 5.82 Å². The standard InChI is InChI=1S/C14H16FNO3/c1-8(6-9-2-4-10(15)5-3-9)16-13(17)11-7-12(11)14(18)19/h2-5,8,11-12H,6-7H2,1H3,(H,16,17)(H,18,19). The smallest absolute Gasteiger partial charge is 0.307 e. The molecule has 102 valence electrons. The number of hydrogen-bond donors (Lipinski definition) is 2. The Kier molecular flexibility index (Phi) is 3.83. The zero-order valence-electron chi connectivity index (χ0n) is 10.6. The second-order valence-corrected chi connectivity index (χ2v) is 5.03. The summed E-state index contributed by atoms with van der Waals surface area (Å²) in [6, 6.07) is 6.01. The van der Waals surface area contributed by atoms with Crippen LogP contribution < -0.4 is 5.32 Å². The molecule has 4 nitrogen and oxygen atoms in total. The Morgan fingerprint density at radius 1 is 1.37 bits per heavy atom. The predicted molar refractivity (Wildman–Crippen MR) is 66.9 cm³/mol. The van der Waals surface area contributed by atoms with E-state index in [2.05, 4.69) is 5.32 Å². The minimum atomic E-state index is -0.911. The highest BCUT2D eigenvalue weighted by Crippen LogP contribution is 2.38. The van der Waals surface area contributed by atoms with E-state index in [0.717, 1.165) is 5.56 Å². The zero-order chi connectivity index (χ0) is 14.0. The van der Waals surface area contributed by atoms with Crippen LogP contribution in [0, 0.1) is 17.7 Å². The number of hydrogen-bond acceptors (Lipinski definition) is 2. The van der Waals surface area contributed by atoms with Crippen molar-refractivity contribution in [3.05, 3.63) is 35.6 Å². The van der Waals surface area contributed by atoms with Gasteiger partial charge in [0.05, 0.1) is 11.8 Å². The van der Waals surface area contributed by atoms with Crippen molar-refractivity contribution in [3.8, 4) is 0 Å². The van der Waals surface area contributed by atoms with E-state index < -0.39 is 17.8 Å². The number of carbonyl (C=O) groups excluding carboxylic acids is 1. The first-order valence-electron chi connectivity index (χ1n) is 6.25. The monoisotopic (exact) mass is 265 g/mol. The summed E-state index contributed by atoms with van der Waals surface area (Å²) in [5.74, 6) is -2.33. The lowest BCUT2D eigenvalue weighted by Gasteiger charge is -2.13. The van der Waals surface area contributed by atoms with Gasteiger partial charge >= 0.3 is 5.97 Å². The maximum absolute atomic E-state index is 12.7. The molecule has 1 aromatic rings. The van der Waals surface area contributed by atoms with Crippen LogP contribution in [-0.4, -0.2) is 23.0 Å². The normalized spacial score (nSPS) is 22.6. The summed E-state index contributed by atoms with van der Waals surface area (Å²) in [5.41, 5.74) is 0.930. The van der Waals surface area contributed by atoms with Gasteiger partial charge in [-0.2, -0.15) is 0 Å². The van der Waals surface area contributed by atoms with Gasteiger partial charge in [0, 0.05) is 6.04 Å². The minimum absolute atomic E-state index is 0.104. The van der Waals surface area contributed by atoms with E-state index in [1.54, 1.807) is 12.1 Å². The van der Waals surface area contributed by atoms with Gasteiger partial charge in [-0.3, -0.25) is 9.59 Å². The predicted octanol–water partition coefficient (Wildman–Crippen LogP) is 1.59. The molecule has 1 fully saturated rings. The fraction of sp³-hybridized carbons (Fsp3) is 0.429. The van der Waals surface area contributed by atoms with E-state index in [4.69, 9.17) is 5.11 Å². The molecular formula is C14H16FNO3. The van der Waals surface area contributed by atoms with E-state index in [1.807, 2.05) is 6.92 Å². The van der Waals surface area contributed by atoms with Gasteiger partial charge in [-0.25, -0.2) is 4.39 Å². The van der Waals surface area contributed by atoms with E-state index >= 15 is 0 Å². The highest BCUT2D eigenvalue weighted by Gasteiger charge is 2.48. The SMILES string of the molecule is CC(Cc1ccc(F)cc1)NC(=O)C1CC1C(=O)O. The van der Waals surface area contributed by atoms with Crippen molar-refractivity contribution in [2.75, 3.05) is 0 Å². The lowest BCUT2D eigenvalue weighted by atomic mass is 10.1. The Hall–Kier alpha value is -1.91. The van der Waals surface area contributed by atoms with Crippen molar-refractivity contribution in [1.82, 2.24) is 5.32 Å². The van der Waals surface area contributed by atoms with Crippen LogP contribution in [0.3, 0.4) is 0 Å². The Bertz CT molecular complexity index is 486. The molecule has 1 aliphatic carbocycles. The number of nitrogens with one attached hydrogen (secondary N) is 1. The third-order valence-corrected chi connectivity index (χ3v) is 3.29. The van der Waals surface area contributed by atoms with Crippen LogP contribution in [0.1, 0.15) is 18.9 Å². The van der Waals surface area contributed by atoms with Gasteiger partial charge in [0.25, 0.3) is 0 Å². The van der Waals surface area contributed by atoms with Gasteiger partial charge in [0.15, 0.2) is 0 Å². The average molecular weight is 265 g/mol. The molecule has 0 spiro atoms. The summed E-state index contributed by atoms with van der Waals surface area (Å²) in [6.45, 7) is 1.85. The van der Waals surface area contributed by atoms with Gasteiger partial charge < -0.3 is 10.4 Å². The van der Waals surface area contributed by atoms with Crippen LogP contribution in [0.2, 0.25) is 0 Å². The second-order valence-electron chi connectivity index (χ2n) is 5.03. The molecule has 2 N–H and O–H groups in total. The number of aliphatic carboxylic acids is 1. The number of carbonyl (C=O) groups is 2. The maximum atomic E-state index is 12.7. The molecule has 3 unspecified atom stereocenters. The Balaban J connectivity index is 1.81. The fourth-order valence-corrected chi connectivity index (χ4v) is 2.13. The number of amides is 1. The Morgan fingerprint density at radius 2 is 2.00 bits per heavy atom. The summed E-state index contributed by atoms with van der Waals surface area (Å²) >= 11 is 0. The first-order valence-corrected chi connectivity index (χ1v) is 6.25. The van der Waals surface area contributed by atoms with Crippen LogP contribution in [-0.2, 0) is 16.0 Å². The molecule has 1 saturated carbocycles. The summed E-state index contributed by atoms with van der Waals surface area (Å²) in [7, 11) is 0. The molecule has 0 aromatic heterocycles. The molecule has 1 aromatic carbocycles. The fourth-order valence-electron chi connectivity index (χ4n) is 2.13. The largest absolute Gasteiger partial charge is 0.481 e. The van der Waals surface area contributed by atoms with E-state index in [-0.39, 0.29) is 17.8 Å². The van der Waals surface area contributed by atoms with Crippen LogP contribution in [0.25, 0.3) is 0 Å². The number of halogens is 1. The topological polar surface area (TPSA) is 66.4 Å². The van der Waals surface area contributed by atoms with Crippen LogP contribution in [0.4, 0.5) is 4.39 Å². The molecule has 2 rings (SSSR count). The third kappa shape index (κ3) is 3.53. The molecule has 0 heterocycles.